The van der Waals surface area contributed by atoms with Gasteiger partial charge in [-0.05, 0) is 50.0 Å². The predicted octanol–water partition coefficient (Wildman–Crippen LogP) is 4.47. The van der Waals surface area contributed by atoms with Gasteiger partial charge in [0.2, 0.25) is 0 Å². The van der Waals surface area contributed by atoms with E-state index in [0.717, 1.165) is 50.4 Å². The molecule has 0 amide bonds. The molecule has 2 aromatic rings. The number of halogens is 3. The quantitative estimate of drug-likeness (QED) is 0.513. The SMILES string of the molecule is COCCN(Cc1c(F)ccc(F)c1F)CC1CCN(Cc2ccccc2OC)CC1. The lowest BCUT2D eigenvalue weighted by Crippen LogP contribution is -2.39. The summed E-state index contributed by atoms with van der Waals surface area (Å²) in [5, 5.41) is 0. The molecule has 1 aliphatic rings. The molecule has 2 aromatic carbocycles. The minimum absolute atomic E-state index is 0.0280. The number of para-hydroxylation sites is 1. The molecule has 31 heavy (non-hydrogen) atoms. The molecule has 0 aliphatic carbocycles. The van der Waals surface area contributed by atoms with Crippen LogP contribution in [0, 0.1) is 23.4 Å². The molecule has 3 rings (SSSR count). The number of methoxy groups -OCH3 is 2. The molecule has 4 nitrogen and oxygen atoms in total. The molecule has 0 saturated carbocycles. The molecule has 0 spiro atoms. The fourth-order valence-electron chi connectivity index (χ4n) is 4.16. The minimum Gasteiger partial charge on any atom is -0.496 e. The number of likely N-dealkylation sites (tertiary alicyclic amines) is 1. The third kappa shape index (κ3) is 6.45. The average Bonchev–Trinajstić information content (AvgIpc) is 2.79. The lowest BCUT2D eigenvalue weighted by Gasteiger charge is -2.35. The maximum Gasteiger partial charge on any atom is 0.166 e. The van der Waals surface area contributed by atoms with Crippen molar-refractivity contribution < 1.29 is 22.6 Å². The van der Waals surface area contributed by atoms with Gasteiger partial charge in [-0.1, -0.05) is 18.2 Å². The van der Waals surface area contributed by atoms with Crippen molar-refractivity contribution in [3.8, 4) is 5.75 Å². The highest BCUT2D eigenvalue weighted by molar-refractivity contribution is 5.33. The number of hydrogen-bond donors (Lipinski definition) is 0. The summed E-state index contributed by atoms with van der Waals surface area (Å²) in [4.78, 5) is 4.37. The first kappa shape index (κ1) is 23.6. The van der Waals surface area contributed by atoms with Gasteiger partial charge in [0.1, 0.15) is 11.6 Å². The first-order chi connectivity index (χ1) is 15.0. The third-order valence-electron chi connectivity index (χ3n) is 5.94. The lowest BCUT2D eigenvalue weighted by molar-refractivity contribution is 0.104. The maximum absolute atomic E-state index is 14.2. The van der Waals surface area contributed by atoms with E-state index in [-0.39, 0.29) is 12.1 Å². The van der Waals surface area contributed by atoms with Crippen LogP contribution in [0.2, 0.25) is 0 Å². The molecule has 1 aliphatic heterocycles. The van der Waals surface area contributed by atoms with Gasteiger partial charge in [-0.15, -0.1) is 0 Å². The molecule has 0 radical (unpaired) electrons. The topological polar surface area (TPSA) is 24.9 Å². The summed E-state index contributed by atoms with van der Waals surface area (Å²) in [6, 6.07) is 9.85. The van der Waals surface area contributed by atoms with Gasteiger partial charge >= 0.3 is 0 Å². The van der Waals surface area contributed by atoms with E-state index in [1.165, 1.54) is 5.56 Å². The number of nitrogens with zero attached hydrogens (tertiary/aromatic N) is 2. The van der Waals surface area contributed by atoms with Crippen molar-refractivity contribution in [3.63, 3.8) is 0 Å². The molecule has 1 saturated heterocycles. The minimum atomic E-state index is -1.10. The Kier molecular flexibility index (Phi) is 8.75. The van der Waals surface area contributed by atoms with Gasteiger partial charge in [0.25, 0.3) is 0 Å². The van der Waals surface area contributed by atoms with Gasteiger partial charge in [0.15, 0.2) is 11.6 Å². The number of piperidine rings is 1. The van der Waals surface area contributed by atoms with E-state index in [2.05, 4.69) is 11.0 Å². The first-order valence-electron chi connectivity index (χ1n) is 10.7. The molecule has 170 valence electrons. The van der Waals surface area contributed by atoms with Crippen LogP contribution >= 0.6 is 0 Å². The Morgan fingerprint density at radius 1 is 1.00 bits per heavy atom. The van der Waals surface area contributed by atoms with Crippen molar-refractivity contribution in [1.82, 2.24) is 9.80 Å². The molecule has 0 aromatic heterocycles. The van der Waals surface area contributed by atoms with Crippen molar-refractivity contribution in [3.05, 3.63) is 65.0 Å². The summed E-state index contributed by atoms with van der Waals surface area (Å²) in [5.41, 5.74) is 0.951. The van der Waals surface area contributed by atoms with E-state index in [4.69, 9.17) is 9.47 Å². The highest BCUT2D eigenvalue weighted by Gasteiger charge is 2.24. The van der Waals surface area contributed by atoms with E-state index in [0.29, 0.717) is 25.6 Å². The van der Waals surface area contributed by atoms with Gasteiger partial charge in [-0.3, -0.25) is 9.80 Å². The Balaban J connectivity index is 1.57. The van der Waals surface area contributed by atoms with Crippen LogP contribution in [0.5, 0.6) is 5.75 Å². The summed E-state index contributed by atoms with van der Waals surface area (Å²) in [5.74, 6) is -1.53. The number of hydrogen-bond acceptors (Lipinski definition) is 4. The van der Waals surface area contributed by atoms with Gasteiger partial charge < -0.3 is 9.47 Å². The van der Waals surface area contributed by atoms with Crippen molar-refractivity contribution in [2.45, 2.75) is 25.9 Å². The third-order valence-corrected chi connectivity index (χ3v) is 5.94. The zero-order valence-electron chi connectivity index (χ0n) is 18.3. The molecule has 1 fully saturated rings. The Bertz CT molecular complexity index is 842. The van der Waals surface area contributed by atoms with Crippen LogP contribution in [0.1, 0.15) is 24.0 Å². The summed E-state index contributed by atoms with van der Waals surface area (Å²) in [6.45, 7) is 4.44. The zero-order valence-corrected chi connectivity index (χ0v) is 18.3. The number of rotatable bonds is 10. The summed E-state index contributed by atoms with van der Waals surface area (Å²) in [7, 11) is 3.28. The highest BCUT2D eigenvalue weighted by atomic mass is 19.2. The molecular weight excluding hydrogens is 405 g/mol. The molecule has 1 heterocycles. The van der Waals surface area contributed by atoms with Crippen LogP contribution in [0.3, 0.4) is 0 Å². The normalized spacial score (nSPS) is 15.5. The van der Waals surface area contributed by atoms with Crippen LogP contribution in [0.4, 0.5) is 13.2 Å². The van der Waals surface area contributed by atoms with Crippen LogP contribution in [0.15, 0.2) is 36.4 Å². The standard InChI is InChI=1S/C24H31F3N2O2/c1-30-14-13-29(17-20-21(25)7-8-22(26)24(20)27)15-18-9-11-28(12-10-18)16-19-5-3-4-6-23(19)31-2/h3-8,18H,9-17H2,1-2H3. The highest BCUT2D eigenvalue weighted by Crippen LogP contribution is 2.25. The van der Waals surface area contributed by atoms with Crippen LogP contribution in [-0.2, 0) is 17.8 Å². The van der Waals surface area contributed by atoms with E-state index in [9.17, 15) is 13.2 Å². The van der Waals surface area contributed by atoms with E-state index in [1.54, 1.807) is 14.2 Å². The van der Waals surface area contributed by atoms with Crippen molar-refractivity contribution in [2.75, 3.05) is 47.0 Å². The molecule has 0 bridgehead atoms. The fourth-order valence-corrected chi connectivity index (χ4v) is 4.16. The average molecular weight is 437 g/mol. The van der Waals surface area contributed by atoms with Crippen molar-refractivity contribution >= 4 is 0 Å². The van der Waals surface area contributed by atoms with Crippen molar-refractivity contribution in [1.29, 1.82) is 0 Å². The second kappa shape index (κ2) is 11.5. The second-order valence-electron chi connectivity index (χ2n) is 8.08. The lowest BCUT2D eigenvalue weighted by atomic mass is 9.95. The van der Waals surface area contributed by atoms with Crippen LogP contribution < -0.4 is 4.74 Å². The maximum atomic E-state index is 14.2. The molecule has 7 heteroatoms. The van der Waals surface area contributed by atoms with Gasteiger partial charge in [-0.2, -0.15) is 0 Å². The number of ether oxygens (including phenoxy) is 2. The van der Waals surface area contributed by atoms with Crippen LogP contribution in [0.25, 0.3) is 0 Å². The Hall–Kier alpha value is -2.09. The van der Waals surface area contributed by atoms with E-state index < -0.39 is 17.5 Å². The predicted molar refractivity (Wildman–Crippen MR) is 114 cm³/mol. The number of benzene rings is 2. The van der Waals surface area contributed by atoms with Gasteiger partial charge in [0, 0.05) is 44.4 Å². The van der Waals surface area contributed by atoms with E-state index >= 15 is 0 Å². The first-order valence-corrected chi connectivity index (χ1v) is 10.7. The van der Waals surface area contributed by atoms with Gasteiger partial charge in [-0.25, -0.2) is 13.2 Å². The Morgan fingerprint density at radius 3 is 2.42 bits per heavy atom. The smallest absolute Gasteiger partial charge is 0.166 e. The summed E-state index contributed by atoms with van der Waals surface area (Å²) < 4.78 is 52.5. The molecule has 0 unspecified atom stereocenters. The largest absolute Gasteiger partial charge is 0.496 e. The Labute approximate surface area is 182 Å². The van der Waals surface area contributed by atoms with Crippen molar-refractivity contribution in [2.24, 2.45) is 5.92 Å². The second-order valence-corrected chi connectivity index (χ2v) is 8.08. The molecular formula is C24H31F3N2O2. The zero-order chi connectivity index (χ0) is 22.2. The summed E-state index contributed by atoms with van der Waals surface area (Å²) in [6.07, 6.45) is 1.99. The van der Waals surface area contributed by atoms with Crippen LogP contribution in [-0.4, -0.2) is 56.8 Å². The Morgan fingerprint density at radius 2 is 1.71 bits per heavy atom. The molecule has 0 atom stereocenters. The summed E-state index contributed by atoms with van der Waals surface area (Å²) >= 11 is 0. The molecule has 0 N–H and O–H groups in total. The fraction of sp³-hybridized carbons (Fsp3) is 0.500. The van der Waals surface area contributed by atoms with Gasteiger partial charge in [0.05, 0.1) is 13.7 Å². The van der Waals surface area contributed by atoms with E-state index in [1.807, 2.05) is 23.1 Å². The monoisotopic (exact) mass is 436 g/mol.